The summed E-state index contributed by atoms with van der Waals surface area (Å²) < 4.78 is 6.24. The smallest absolute Gasteiger partial charge is 0.323 e. The number of carbonyl (C=O) groups excluding carboxylic acids is 1. The van der Waals surface area contributed by atoms with E-state index in [4.69, 9.17) is 9.72 Å². The van der Waals surface area contributed by atoms with Gasteiger partial charge in [-0.1, -0.05) is 64.7 Å². The van der Waals surface area contributed by atoms with Crippen molar-refractivity contribution >= 4 is 34.0 Å². The van der Waals surface area contributed by atoms with E-state index in [0.717, 1.165) is 57.0 Å². The molecule has 2 aromatic carbocycles. The van der Waals surface area contributed by atoms with Crippen molar-refractivity contribution in [1.29, 1.82) is 0 Å². The van der Waals surface area contributed by atoms with Crippen molar-refractivity contribution in [2.75, 3.05) is 6.54 Å². The van der Waals surface area contributed by atoms with Crippen LogP contribution >= 0.6 is 11.3 Å². The van der Waals surface area contributed by atoms with Crippen LogP contribution in [-0.4, -0.2) is 33.4 Å². The van der Waals surface area contributed by atoms with Crippen LogP contribution in [0.15, 0.2) is 60.7 Å². The van der Waals surface area contributed by atoms with Gasteiger partial charge >= 0.3 is 5.97 Å². The molecule has 1 amide bonds. The SMILES string of the molecule is Cc1ccc(CN(CC(=O)O)C(=O)c2cc3ccc(Oc4ccc(C(C)(C)C)cc4)cc3c(CC3CCCC3)n2)s1. The zero-order chi connectivity index (χ0) is 29.1. The van der Waals surface area contributed by atoms with Gasteiger partial charge in [0, 0.05) is 20.8 Å². The number of pyridine rings is 1. The van der Waals surface area contributed by atoms with E-state index in [0.29, 0.717) is 5.92 Å². The number of thiophene rings is 1. The van der Waals surface area contributed by atoms with E-state index in [1.807, 2.05) is 49.4 Å². The zero-order valence-electron chi connectivity index (χ0n) is 24.3. The average Bonchev–Trinajstić information content (AvgIpc) is 3.59. The second kappa shape index (κ2) is 12.0. The number of fused-ring (bicyclic) bond motifs is 1. The Labute approximate surface area is 246 Å². The monoisotopic (exact) mass is 570 g/mol. The van der Waals surface area contributed by atoms with Crippen LogP contribution < -0.4 is 4.74 Å². The number of carbonyl (C=O) groups is 2. The first-order valence-electron chi connectivity index (χ1n) is 14.3. The minimum Gasteiger partial charge on any atom is -0.480 e. The maximum Gasteiger partial charge on any atom is 0.323 e. The van der Waals surface area contributed by atoms with Crippen molar-refractivity contribution < 1.29 is 19.4 Å². The molecular weight excluding hydrogens is 532 g/mol. The molecule has 41 heavy (non-hydrogen) atoms. The van der Waals surface area contributed by atoms with Gasteiger partial charge in [0.05, 0.1) is 6.54 Å². The fraction of sp³-hybridized carbons (Fsp3) is 0.382. The summed E-state index contributed by atoms with van der Waals surface area (Å²) in [5.41, 5.74) is 2.47. The number of benzene rings is 2. The molecule has 2 aromatic heterocycles. The van der Waals surface area contributed by atoms with Gasteiger partial charge in [0.2, 0.25) is 0 Å². The standard InChI is InChI=1S/C34H38N2O4S/c1-22-9-16-28(41-22)20-36(21-32(37)38)33(39)31-18-24-10-13-27(40-26-14-11-25(12-15-26)34(2,3)4)19-29(24)30(35-31)17-23-7-5-6-8-23/h9-16,18-19,23H,5-8,17,20-21H2,1-4H3,(H,37,38). The fourth-order valence-electron chi connectivity index (χ4n) is 5.55. The molecule has 1 aliphatic rings. The molecule has 0 saturated heterocycles. The van der Waals surface area contributed by atoms with Crippen LogP contribution in [0.2, 0.25) is 0 Å². The summed E-state index contributed by atoms with van der Waals surface area (Å²) in [4.78, 5) is 33.7. The lowest BCUT2D eigenvalue weighted by atomic mass is 9.87. The van der Waals surface area contributed by atoms with Crippen molar-refractivity contribution in [2.45, 2.75) is 71.8 Å². The Kier molecular flexibility index (Phi) is 8.45. The van der Waals surface area contributed by atoms with E-state index in [9.17, 15) is 14.7 Å². The maximum absolute atomic E-state index is 13.7. The first kappa shape index (κ1) is 28.8. The number of carboxylic acids is 1. The number of rotatable bonds is 9. The summed E-state index contributed by atoms with van der Waals surface area (Å²) in [7, 11) is 0. The molecule has 0 bridgehead atoms. The third kappa shape index (κ3) is 7.14. The van der Waals surface area contributed by atoms with Gasteiger partial charge in [0.1, 0.15) is 23.7 Å². The number of aromatic nitrogens is 1. The molecule has 0 aliphatic heterocycles. The number of ether oxygens (including phenoxy) is 1. The number of amides is 1. The summed E-state index contributed by atoms with van der Waals surface area (Å²) in [6.45, 7) is 8.42. The Hall–Kier alpha value is -3.71. The predicted molar refractivity (Wildman–Crippen MR) is 164 cm³/mol. The highest BCUT2D eigenvalue weighted by molar-refractivity contribution is 7.11. The number of hydrogen-bond acceptors (Lipinski definition) is 5. The topological polar surface area (TPSA) is 79.7 Å². The van der Waals surface area contributed by atoms with Crippen LogP contribution in [0.4, 0.5) is 0 Å². The maximum atomic E-state index is 13.7. The van der Waals surface area contributed by atoms with E-state index in [2.05, 4.69) is 32.9 Å². The molecule has 1 saturated carbocycles. The van der Waals surface area contributed by atoms with Crippen molar-refractivity contribution in [3.8, 4) is 11.5 Å². The van der Waals surface area contributed by atoms with Crippen LogP contribution in [0.3, 0.4) is 0 Å². The summed E-state index contributed by atoms with van der Waals surface area (Å²) in [6.07, 6.45) is 5.52. The normalized spacial score (nSPS) is 14.0. The fourth-order valence-corrected chi connectivity index (χ4v) is 6.46. The van der Waals surface area contributed by atoms with Gasteiger partial charge < -0.3 is 14.7 Å². The summed E-state index contributed by atoms with van der Waals surface area (Å²) in [6, 6.07) is 19.8. The summed E-state index contributed by atoms with van der Waals surface area (Å²) in [5, 5.41) is 11.4. The van der Waals surface area contributed by atoms with Crippen LogP contribution in [0, 0.1) is 12.8 Å². The van der Waals surface area contributed by atoms with Crippen molar-refractivity contribution in [1.82, 2.24) is 9.88 Å². The van der Waals surface area contributed by atoms with Crippen molar-refractivity contribution in [3.63, 3.8) is 0 Å². The highest BCUT2D eigenvalue weighted by atomic mass is 32.1. The molecule has 7 heteroatoms. The van der Waals surface area contributed by atoms with Crippen LogP contribution in [0.25, 0.3) is 10.8 Å². The number of aliphatic carboxylic acids is 1. The number of aryl methyl sites for hydroxylation is 1. The molecule has 2 heterocycles. The van der Waals surface area contributed by atoms with E-state index in [1.165, 1.54) is 23.3 Å². The Morgan fingerprint density at radius 3 is 2.34 bits per heavy atom. The molecule has 1 aliphatic carbocycles. The van der Waals surface area contributed by atoms with E-state index in [1.54, 1.807) is 17.4 Å². The Morgan fingerprint density at radius 1 is 1.00 bits per heavy atom. The van der Waals surface area contributed by atoms with Gasteiger partial charge in [0.15, 0.2) is 0 Å². The van der Waals surface area contributed by atoms with Gasteiger partial charge in [-0.3, -0.25) is 9.59 Å². The molecule has 5 rings (SSSR count). The Balaban J connectivity index is 1.48. The summed E-state index contributed by atoms with van der Waals surface area (Å²) >= 11 is 1.57. The van der Waals surface area contributed by atoms with E-state index < -0.39 is 5.97 Å². The molecule has 0 radical (unpaired) electrons. The third-order valence-electron chi connectivity index (χ3n) is 7.77. The lowest BCUT2D eigenvalue weighted by Crippen LogP contribution is -2.35. The van der Waals surface area contributed by atoms with E-state index >= 15 is 0 Å². The first-order chi connectivity index (χ1) is 19.5. The third-order valence-corrected chi connectivity index (χ3v) is 8.76. The minimum atomic E-state index is -1.05. The largest absolute Gasteiger partial charge is 0.480 e. The molecule has 6 nitrogen and oxygen atoms in total. The van der Waals surface area contributed by atoms with Gasteiger partial charge in [-0.15, -0.1) is 11.3 Å². The number of nitrogens with zero attached hydrogens (tertiary/aromatic N) is 2. The molecular formula is C34H38N2O4S. The van der Waals surface area contributed by atoms with Gasteiger partial charge in [-0.05, 0) is 78.1 Å². The summed E-state index contributed by atoms with van der Waals surface area (Å²) in [5.74, 6) is 0.593. The van der Waals surface area contributed by atoms with Gasteiger partial charge in [-0.25, -0.2) is 4.98 Å². The second-order valence-electron chi connectivity index (χ2n) is 12.1. The molecule has 4 aromatic rings. The molecule has 214 valence electrons. The first-order valence-corrected chi connectivity index (χ1v) is 15.2. The average molecular weight is 571 g/mol. The number of hydrogen-bond donors (Lipinski definition) is 1. The van der Waals surface area contributed by atoms with Crippen LogP contribution in [0.5, 0.6) is 11.5 Å². The quantitative estimate of drug-likeness (QED) is 0.220. The van der Waals surface area contributed by atoms with Crippen molar-refractivity contribution in [3.05, 3.63) is 87.4 Å². The van der Waals surface area contributed by atoms with Crippen LogP contribution in [0.1, 0.15) is 78.0 Å². The molecule has 0 atom stereocenters. The highest BCUT2D eigenvalue weighted by Gasteiger charge is 2.24. The lowest BCUT2D eigenvalue weighted by molar-refractivity contribution is -0.137. The highest BCUT2D eigenvalue weighted by Crippen LogP contribution is 2.33. The van der Waals surface area contributed by atoms with Crippen molar-refractivity contribution in [2.24, 2.45) is 5.92 Å². The molecule has 0 unspecified atom stereocenters. The molecule has 0 spiro atoms. The van der Waals surface area contributed by atoms with Gasteiger partial charge in [0.25, 0.3) is 5.91 Å². The van der Waals surface area contributed by atoms with E-state index in [-0.39, 0.29) is 30.1 Å². The lowest BCUT2D eigenvalue weighted by Gasteiger charge is -2.21. The minimum absolute atomic E-state index is 0.0696. The van der Waals surface area contributed by atoms with Gasteiger partial charge in [-0.2, -0.15) is 0 Å². The zero-order valence-corrected chi connectivity index (χ0v) is 25.1. The Morgan fingerprint density at radius 2 is 1.71 bits per heavy atom. The predicted octanol–water partition coefficient (Wildman–Crippen LogP) is 8.15. The Bertz CT molecular complexity index is 1550. The number of carboxylic acid groups (broad SMARTS) is 1. The molecule has 1 N–H and O–H groups in total. The molecule has 1 fully saturated rings. The van der Waals surface area contributed by atoms with Crippen LogP contribution in [-0.2, 0) is 23.2 Å². The second-order valence-corrected chi connectivity index (χ2v) is 13.5.